The van der Waals surface area contributed by atoms with Gasteiger partial charge in [-0.15, -0.1) is 17.9 Å². The minimum absolute atomic E-state index is 0.158. The van der Waals surface area contributed by atoms with Crippen LogP contribution in [-0.4, -0.2) is 23.6 Å². The molecule has 2 N–H and O–H groups in total. The number of carbonyl (C=O) groups is 2. The summed E-state index contributed by atoms with van der Waals surface area (Å²) in [5.41, 5.74) is 8.40. The van der Waals surface area contributed by atoms with Gasteiger partial charge in [-0.25, -0.2) is 4.98 Å². The lowest BCUT2D eigenvalue weighted by atomic mass is 9.96. The van der Waals surface area contributed by atoms with E-state index in [1.54, 1.807) is 17.4 Å². The number of nitrogens with one attached hydrogen (secondary N) is 2. The summed E-state index contributed by atoms with van der Waals surface area (Å²) >= 11 is 1.66. The highest BCUT2D eigenvalue weighted by molar-refractivity contribution is 7.16. The Hall–Kier alpha value is -4.29. The highest BCUT2D eigenvalue weighted by atomic mass is 32.1. The first-order valence-corrected chi connectivity index (χ1v) is 15.3. The van der Waals surface area contributed by atoms with Crippen LogP contribution in [0.5, 0.6) is 0 Å². The van der Waals surface area contributed by atoms with Gasteiger partial charge in [0.15, 0.2) is 5.78 Å². The van der Waals surface area contributed by atoms with Crippen LogP contribution in [-0.2, 0) is 9.59 Å². The van der Waals surface area contributed by atoms with Gasteiger partial charge in [-0.2, -0.15) is 0 Å². The Morgan fingerprint density at radius 1 is 0.884 bits per heavy atom. The molecule has 43 heavy (non-hydrogen) atoms. The highest BCUT2D eigenvalue weighted by Crippen LogP contribution is 2.33. The van der Waals surface area contributed by atoms with Gasteiger partial charge in [0.05, 0.1) is 22.3 Å². The van der Waals surface area contributed by atoms with Gasteiger partial charge in [-0.05, 0) is 68.5 Å². The second kappa shape index (κ2) is 17.6. The van der Waals surface area contributed by atoms with Crippen molar-refractivity contribution in [2.45, 2.75) is 60.4 Å². The minimum atomic E-state index is -0.158. The number of thiazole rings is 1. The maximum atomic E-state index is 12.5. The summed E-state index contributed by atoms with van der Waals surface area (Å²) in [7, 11) is 0. The first-order valence-electron chi connectivity index (χ1n) is 14.5. The third-order valence-electron chi connectivity index (χ3n) is 6.60. The number of hydrogen-bond acceptors (Lipinski definition) is 6. The standard InChI is InChI=1S/C33H37N3OS.C3H6.CH2O/c1-7-8-30(37)31(21(2)3)36-29-19-15-26(16-20-29)25-13-17-28(18-14-25)34-23(5)32-24(6)35-33(38-32)27-11-9-22(4)10-12-27;1-3-2;1-2/h9-21,31,34,36H,5,7-8H2,1-4,6H3;3H,1H2,2H3;1H2. The van der Waals surface area contributed by atoms with Gasteiger partial charge in [0, 0.05) is 23.4 Å². The molecule has 0 bridgehead atoms. The average Bonchev–Trinajstić information content (AvgIpc) is 3.40. The lowest BCUT2D eigenvalue weighted by Gasteiger charge is -2.22. The van der Waals surface area contributed by atoms with E-state index in [0.717, 1.165) is 55.8 Å². The van der Waals surface area contributed by atoms with Crippen molar-refractivity contribution in [2.24, 2.45) is 5.92 Å². The third kappa shape index (κ3) is 10.2. The molecule has 226 valence electrons. The number of carbonyl (C=O) groups excluding carboxylic acids is 2. The molecule has 1 aromatic heterocycles. The molecule has 0 saturated carbocycles. The fourth-order valence-electron chi connectivity index (χ4n) is 4.43. The van der Waals surface area contributed by atoms with Crippen LogP contribution in [0, 0.1) is 19.8 Å². The number of aromatic nitrogens is 1. The summed E-state index contributed by atoms with van der Waals surface area (Å²) in [5, 5.41) is 7.88. The topological polar surface area (TPSA) is 71.1 Å². The summed E-state index contributed by atoms with van der Waals surface area (Å²) in [6, 6.07) is 25.0. The van der Waals surface area contributed by atoms with Crippen LogP contribution < -0.4 is 10.6 Å². The maximum Gasteiger partial charge on any atom is 0.155 e. The number of nitrogens with zero attached hydrogens (tertiary/aromatic N) is 1. The Balaban J connectivity index is 0.00000121. The van der Waals surface area contributed by atoms with E-state index in [4.69, 9.17) is 9.78 Å². The van der Waals surface area contributed by atoms with Crippen molar-refractivity contribution >= 4 is 41.0 Å². The molecule has 0 amide bonds. The van der Waals surface area contributed by atoms with Crippen LogP contribution >= 0.6 is 11.3 Å². The number of ketones is 1. The van der Waals surface area contributed by atoms with E-state index in [0.29, 0.717) is 6.42 Å². The first-order chi connectivity index (χ1) is 20.7. The zero-order valence-corrected chi connectivity index (χ0v) is 27.2. The molecule has 0 spiro atoms. The first kappa shape index (κ1) is 34.9. The number of Topliss-reactive ketones (excluding diaryl/α,β-unsaturated/α-hetero) is 1. The van der Waals surface area contributed by atoms with Gasteiger partial charge in [0.1, 0.15) is 11.8 Å². The Bertz CT molecular complexity index is 1450. The molecule has 6 heteroatoms. The van der Waals surface area contributed by atoms with E-state index in [1.165, 1.54) is 5.56 Å². The molecule has 0 aliphatic carbocycles. The van der Waals surface area contributed by atoms with Crippen molar-refractivity contribution in [2.75, 3.05) is 10.6 Å². The number of allylic oxidation sites excluding steroid dienone is 1. The molecular formula is C37H45N3O2S. The molecule has 1 atom stereocenters. The van der Waals surface area contributed by atoms with E-state index in [-0.39, 0.29) is 17.7 Å². The van der Waals surface area contributed by atoms with Crippen LogP contribution in [0.2, 0.25) is 0 Å². The van der Waals surface area contributed by atoms with Gasteiger partial charge >= 0.3 is 0 Å². The van der Waals surface area contributed by atoms with Crippen molar-refractivity contribution in [1.82, 2.24) is 4.98 Å². The van der Waals surface area contributed by atoms with E-state index in [9.17, 15) is 4.79 Å². The summed E-state index contributed by atoms with van der Waals surface area (Å²) < 4.78 is 0. The van der Waals surface area contributed by atoms with Gasteiger partial charge < -0.3 is 15.4 Å². The van der Waals surface area contributed by atoms with Crippen LogP contribution in [0.1, 0.15) is 56.7 Å². The molecule has 0 aliphatic heterocycles. The molecule has 4 rings (SSSR count). The zero-order valence-electron chi connectivity index (χ0n) is 26.4. The quantitative estimate of drug-likeness (QED) is 0.169. The Labute approximate surface area is 261 Å². The number of anilines is 2. The number of hydrogen-bond donors (Lipinski definition) is 2. The highest BCUT2D eigenvalue weighted by Gasteiger charge is 2.21. The maximum absolute atomic E-state index is 12.5. The van der Waals surface area contributed by atoms with Crippen molar-refractivity contribution in [3.05, 3.63) is 108 Å². The Morgan fingerprint density at radius 2 is 1.37 bits per heavy atom. The average molecular weight is 596 g/mol. The van der Waals surface area contributed by atoms with Gasteiger partial charge in [0.2, 0.25) is 0 Å². The Kier molecular flexibility index (Phi) is 14.3. The fraction of sp³-hybridized carbons (Fsp3) is 0.270. The van der Waals surface area contributed by atoms with Crippen LogP contribution in [0.15, 0.2) is 92.0 Å². The number of rotatable bonds is 11. The van der Waals surface area contributed by atoms with E-state index >= 15 is 0 Å². The molecule has 5 nitrogen and oxygen atoms in total. The monoisotopic (exact) mass is 595 g/mol. The lowest BCUT2D eigenvalue weighted by molar-refractivity contribution is -0.120. The molecule has 0 aliphatic rings. The second-order valence-corrected chi connectivity index (χ2v) is 11.5. The van der Waals surface area contributed by atoms with Crippen LogP contribution in [0.3, 0.4) is 0 Å². The summed E-state index contributed by atoms with van der Waals surface area (Å²) in [6.07, 6.45) is 3.23. The van der Waals surface area contributed by atoms with Gasteiger partial charge in [-0.1, -0.05) is 87.5 Å². The van der Waals surface area contributed by atoms with Crippen LogP contribution in [0.4, 0.5) is 11.4 Å². The lowest BCUT2D eigenvalue weighted by Crippen LogP contribution is -2.34. The smallest absolute Gasteiger partial charge is 0.155 e. The van der Waals surface area contributed by atoms with Gasteiger partial charge in [0.25, 0.3) is 0 Å². The third-order valence-corrected chi connectivity index (χ3v) is 7.87. The Morgan fingerprint density at radius 3 is 1.86 bits per heavy atom. The van der Waals surface area contributed by atoms with E-state index < -0.39 is 0 Å². The second-order valence-electron chi connectivity index (χ2n) is 10.5. The summed E-state index contributed by atoms with van der Waals surface area (Å²) in [6.45, 7) is 21.9. The SMILES string of the molecule is C=C(Nc1ccc(-c2ccc(NC(C(=O)CCC)C(C)C)cc2)cc1)c1sc(-c2ccc(C)cc2)nc1C.C=CC.C=O. The van der Waals surface area contributed by atoms with Crippen molar-refractivity contribution in [3.8, 4) is 21.7 Å². The molecule has 3 aromatic carbocycles. The van der Waals surface area contributed by atoms with E-state index in [1.807, 2.05) is 27.6 Å². The molecule has 1 unspecified atom stereocenters. The van der Waals surface area contributed by atoms with Crippen molar-refractivity contribution in [3.63, 3.8) is 0 Å². The normalized spacial score (nSPS) is 10.9. The summed E-state index contributed by atoms with van der Waals surface area (Å²) in [5.74, 6) is 0.516. The van der Waals surface area contributed by atoms with Crippen molar-refractivity contribution < 1.29 is 9.59 Å². The molecule has 0 saturated heterocycles. The number of benzene rings is 3. The zero-order chi connectivity index (χ0) is 31.9. The predicted octanol–water partition coefficient (Wildman–Crippen LogP) is 9.99. The van der Waals surface area contributed by atoms with Gasteiger partial charge in [-0.3, -0.25) is 4.79 Å². The molecule has 1 heterocycles. The van der Waals surface area contributed by atoms with E-state index in [2.05, 4.69) is 117 Å². The molecular weight excluding hydrogens is 550 g/mol. The predicted molar refractivity (Wildman–Crippen MR) is 187 cm³/mol. The molecule has 0 fully saturated rings. The molecule has 0 radical (unpaired) electrons. The van der Waals surface area contributed by atoms with Crippen molar-refractivity contribution in [1.29, 1.82) is 0 Å². The number of aryl methyl sites for hydroxylation is 2. The summed E-state index contributed by atoms with van der Waals surface area (Å²) in [4.78, 5) is 26.3. The fourth-order valence-corrected chi connectivity index (χ4v) is 5.43. The largest absolute Gasteiger partial charge is 0.375 e. The molecule has 4 aromatic rings. The van der Waals surface area contributed by atoms with Crippen LogP contribution in [0.25, 0.3) is 27.4 Å². The minimum Gasteiger partial charge on any atom is -0.375 e.